The second-order valence-electron chi connectivity index (χ2n) is 6.53. The van der Waals surface area contributed by atoms with Crippen molar-refractivity contribution < 1.29 is 9.53 Å². The van der Waals surface area contributed by atoms with Crippen molar-refractivity contribution in [1.29, 1.82) is 0 Å². The zero-order valence-corrected chi connectivity index (χ0v) is 18.2. The maximum atomic E-state index is 12.3. The Bertz CT molecular complexity index is 820. The number of morpholine rings is 1. The van der Waals surface area contributed by atoms with E-state index in [0.29, 0.717) is 0 Å². The highest BCUT2D eigenvalue weighted by Crippen LogP contribution is 2.26. The number of hydrogen-bond acceptors (Lipinski definition) is 6. The number of carbonyl (C=O) groups is 1. The van der Waals surface area contributed by atoms with Gasteiger partial charge in [-0.1, -0.05) is 27.7 Å². The van der Waals surface area contributed by atoms with E-state index in [1.54, 1.807) is 0 Å². The van der Waals surface area contributed by atoms with E-state index in [0.717, 1.165) is 65.1 Å². The van der Waals surface area contributed by atoms with Gasteiger partial charge in [-0.2, -0.15) is 0 Å². The van der Waals surface area contributed by atoms with E-state index in [9.17, 15) is 4.79 Å². The van der Waals surface area contributed by atoms with Gasteiger partial charge in [-0.3, -0.25) is 9.69 Å². The Balaban J connectivity index is 1.55. The third-order valence-corrected chi connectivity index (χ3v) is 6.60. The van der Waals surface area contributed by atoms with Gasteiger partial charge in [0, 0.05) is 30.3 Å². The summed E-state index contributed by atoms with van der Waals surface area (Å²) in [6, 6.07) is 3.86. The first-order chi connectivity index (χ1) is 13.0. The van der Waals surface area contributed by atoms with Gasteiger partial charge >= 0.3 is 0 Å². The van der Waals surface area contributed by atoms with Crippen molar-refractivity contribution in [2.24, 2.45) is 7.05 Å². The molecule has 1 amide bonds. The zero-order valence-electron chi connectivity index (χ0n) is 15.8. The fraction of sp³-hybridized carbons (Fsp3) is 0.500. The van der Waals surface area contributed by atoms with E-state index >= 15 is 0 Å². The number of halogens is 1. The fourth-order valence-electron chi connectivity index (χ4n) is 2.81. The number of ether oxygens (including phenoxy) is 1. The van der Waals surface area contributed by atoms with E-state index < -0.39 is 0 Å². The summed E-state index contributed by atoms with van der Waals surface area (Å²) < 4.78 is 8.37. The lowest BCUT2D eigenvalue weighted by molar-refractivity contribution is -0.113. The predicted molar refractivity (Wildman–Crippen MR) is 110 cm³/mol. The largest absolute Gasteiger partial charge is 0.379 e. The second-order valence-corrected chi connectivity index (χ2v) is 8.32. The molecule has 1 saturated heterocycles. The lowest BCUT2D eigenvalue weighted by Gasteiger charge is -2.25. The molecule has 1 aliphatic rings. The van der Waals surface area contributed by atoms with E-state index in [1.165, 1.54) is 11.8 Å². The lowest BCUT2D eigenvalue weighted by atomic mass is 10.1. The first-order valence-electron chi connectivity index (χ1n) is 8.82. The van der Waals surface area contributed by atoms with Crippen LogP contribution in [0.25, 0.3) is 0 Å². The molecule has 1 aromatic carbocycles. The van der Waals surface area contributed by atoms with Crippen LogP contribution in [0.1, 0.15) is 17.0 Å². The molecule has 1 aliphatic heterocycles. The molecule has 0 saturated carbocycles. The molecule has 2 aromatic rings. The van der Waals surface area contributed by atoms with Crippen LogP contribution >= 0.6 is 27.7 Å². The van der Waals surface area contributed by atoms with Gasteiger partial charge in [0.05, 0.1) is 25.5 Å². The van der Waals surface area contributed by atoms with Gasteiger partial charge in [0.1, 0.15) is 5.82 Å². The van der Waals surface area contributed by atoms with Crippen LogP contribution in [-0.2, 0) is 23.1 Å². The Morgan fingerprint density at radius 3 is 2.74 bits per heavy atom. The summed E-state index contributed by atoms with van der Waals surface area (Å²) in [6.45, 7) is 8.11. The number of nitrogens with one attached hydrogen (secondary N) is 1. The summed E-state index contributed by atoms with van der Waals surface area (Å²) >= 11 is 4.90. The normalized spacial score (nSPS) is 15.1. The number of anilines is 1. The molecule has 9 heteroatoms. The topological polar surface area (TPSA) is 72.3 Å². The summed E-state index contributed by atoms with van der Waals surface area (Å²) in [5, 5.41) is 12.2. The number of amides is 1. The molecule has 2 heterocycles. The first kappa shape index (κ1) is 20.3. The summed E-state index contributed by atoms with van der Waals surface area (Å²) in [6.07, 6.45) is 0. The van der Waals surface area contributed by atoms with E-state index in [-0.39, 0.29) is 11.7 Å². The molecule has 0 unspecified atom stereocenters. The van der Waals surface area contributed by atoms with Gasteiger partial charge in [-0.05, 0) is 37.1 Å². The Morgan fingerprint density at radius 2 is 2.00 bits per heavy atom. The summed E-state index contributed by atoms with van der Waals surface area (Å²) in [5.41, 5.74) is 3.03. The van der Waals surface area contributed by atoms with Crippen molar-refractivity contribution in [3.05, 3.63) is 33.6 Å². The van der Waals surface area contributed by atoms with Gasteiger partial charge in [-0.25, -0.2) is 0 Å². The van der Waals surface area contributed by atoms with Crippen LogP contribution in [0.4, 0.5) is 5.69 Å². The van der Waals surface area contributed by atoms with Gasteiger partial charge in [-0.15, -0.1) is 10.2 Å². The number of carbonyl (C=O) groups excluding carboxylic acids is 1. The first-order valence-corrected chi connectivity index (χ1v) is 10.6. The highest BCUT2D eigenvalue weighted by molar-refractivity contribution is 9.10. The minimum Gasteiger partial charge on any atom is -0.379 e. The van der Waals surface area contributed by atoms with E-state index in [2.05, 4.69) is 36.3 Å². The fourth-order valence-corrected chi connectivity index (χ4v) is 3.97. The van der Waals surface area contributed by atoms with Gasteiger partial charge in [0.25, 0.3) is 0 Å². The second kappa shape index (κ2) is 9.18. The smallest absolute Gasteiger partial charge is 0.234 e. The van der Waals surface area contributed by atoms with Crippen molar-refractivity contribution in [2.75, 3.05) is 37.4 Å². The average molecular weight is 454 g/mol. The molecule has 1 fully saturated rings. The Labute approximate surface area is 172 Å². The Morgan fingerprint density at radius 1 is 1.26 bits per heavy atom. The lowest BCUT2D eigenvalue weighted by Crippen LogP contribution is -2.36. The van der Waals surface area contributed by atoms with Crippen molar-refractivity contribution in [1.82, 2.24) is 19.7 Å². The number of thioether (sulfide) groups is 1. The molecule has 0 bridgehead atoms. The molecule has 0 aliphatic carbocycles. The summed E-state index contributed by atoms with van der Waals surface area (Å²) in [5.74, 6) is 1.14. The zero-order chi connectivity index (χ0) is 19.4. The molecular weight excluding hydrogens is 430 g/mol. The average Bonchev–Trinajstić information content (AvgIpc) is 3.01. The van der Waals surface area contributed by atoms with Crippen LogP contribution in [0.5, 0.6) is 0 Å². The molecule has 1 N–H and O–H groups in total. The minimum atomic E-state index is -0.0532. The van der Waals surface area contributed by atoms with Crippen molar-refractivity contribution in [3.8, 4) is 0 Å². The third-order valence-electron chi connectivity index (χ3n) is 4.72. The maximum Gasteiger partial charge on any atom is 0.234 e. The SMILES string of the molecule is Cc1c(Br)ccc(NC(=O)CSc2nnc(CN3CCOCC3)n2C)c1C. The summed E-state index contributed by atoms with van der Waals surface area (Å²) in [4.78, 5) is 14.6. The van der Waals surface area contributed by atoms with Crippen LogP contribution in [0.15, 0.2) is 21.8 Å². The molecule has 1 aromatic heterocycles. The number of hydrogen-bond donors (Lipinski definition) is 1. The third kappa shape index (κ3) is 5.10. The highest BCUT2D eigenvalue weighted by Gasteiger charge is 2.17. The monoisotopic (exact) mass is 453 g/mol. The molecule has 0 radical (unpaired) electrons. The molecule has 3 rings (SSSR count). The van der Waals surface area contributed by atoms with Crippen LogP contribution in [0.2, 0.25) is 0 Å². The quantitative estimate of drug-likeness (QED) is 0.677. The maximum absolute atomic E-state index is 12.3. The highest BCUT2D eigenvalue weighted by atomic mass is 79.9. The van der Waals surface area contributed by atoms with Crippen molar-refractivity contribution >= 4 is 39.3 Å². The Hall–Kier alpha value is -1.42. The minimum absolute atomic E-state index is 0.0532. The standard InChI is InChI=1S/C18H24BrN5O2S/c1-12-13(2)15(5-4-14(12)19)20-17(25)11-27-18-22-21-16(23(18)3)10-24-6-8-26-9-7-24/h4-5H,6-11H2,1-3H3,(H,20,25). The summed E-state index contributed by atoms with van der Waals surface area (Å²) in [7, 11) is 1.94. The van der Waals surface area contributed by atoms with Gasteiger partial charge < -0.3 is 14.6 Å². The molecule has 7 nitrogen and oxygen atoms in total. The van der Waals surface area contributed by atoms with E-state index in [4.69, 9.17) is 4.74 Å². The molecule has 0 spiro atoms. The van der Waals surface area contributed by atoms with Crippen LogP contribution < -0.4 is 5.32 Å². The van der Waals surface area contributed by atoms with E-state index in [1.807, 2.05) is 37.6 Å². The molecule has 0 atom stereocenters. The number of rotatable bonds is 6. The number of nitrogens with zero attached hydrogens (tertiary/aromatic N) is 4. The van der Waals surface area contributed by atoms with Crippen LogP contribution in [0.3, 0.4) is 0 Å². The number of aromatic nitrogens is 3. The van der Waals surface area contributed by atoms with Crippen LogP contribution in [-0.4, -0.2) is 57.6 Å². The number of benzene rings is 1. The van der Waals surface area contributed by atoms with Gasteiger partial charge in [0.2, 0.25) is 5.91 Å². The van der Waals surface area contributed by atoms with Crippen molar-refractivity contribution in [3.63, 3.8) is 0 Å². The van der Waals surface area contributed by atoms with Crippen molar-refractivity contribution in [2.45, 2.75) is 25.5 Å². The van der Waals surface area contributed by atoms with Gasteiger partial charge in [0.15, 0.2) is 5.16 Å². The molecular formula is C18H24BrN5O2S. The molecule has 27 heavy (non-hydrogen) atoms. The molecule has 146 valence electrons. The van der Waals surface area contributed by atoms with Crippen LogP contribution in [0, 0.1) is 13.8 Å². The Kier molecular flexibility index (Phi) is 6.91. The predicted octanol–water partition coefficient (Wildman–Crippen LogP) is 2.76.